The van der Waals surface area contributed by atoms with E-state index >= 15 is 0 Å². The molecule has 0 saturated heterocycles. The van der Waals surface area contributed by atoms with Crippen LogP contribution in [0.25, 0.3) is 0 Å². The van der Waals surface area contributed by atoms with Crippen LogP contribution in [-0.4, -0.2) is 13.2 Å². The number of halogens is 3. The van der Waals surface area contributed by atoms with Gasteiger partial charge in [-0.3, -0.25) is 0 Å². The van der Waals surface area contributed by atoms with Crippen molar-refractivity contribution in [2.75, 3.05) is 13.2 Å². The van der Waals surface area contributed by atoms with Gasteiger partial charge in [-0.05, 0) is 49.7 Å². The van der Waals surface area contributed by atoms with E-state index in [-0.39, 0.29) is 12.4 Å². The second kappa shape index (κ2) is 13.9. The molecule has 2 aromatic rings. The largest absolute Gasteiger partial charge is 0.490 e. The Hall–Kier alpha value is -1.30. The molecule has 0 radical (unpaired) electrons. The number of hydrogen-bond acceptors (Lipinski definition) is 3. The topological polar surface area (TPSA) is 30.5 Å². The fraction of sp³-hybridized carbons (Fsp3) is 0.500. The number of hydrogen-bond donors (Lipinski definition) is 1. The minimum atomic E-state index is -0.380. The Morgan fingerprint density at radius 1 is 1.00 bits per heavy atom. The Bertz CT molecular complexity index is 768. The zero-order chi connectivity index (χ0) is 21.8. The van der Waals surface area contributed by atoms with E-state index in [4.69, 9.17) is 21.1 Å². The van der Waals surface area contributed by atoms with Gasteiger partial charge in [-0.1, -0.05) is 72.6 Å². The van der Waals surface area contributed by atoms with Crippen molar-refractivity contribution in [3.63, 3.8) is 0 Å². The fourth-order valence-electron chi connectivity index (χ4n) is 3.17. The van der Waals surface area contributed by atoms with Gasteiger partial charge >= 0.3 is 0 Å². The molecule has 1 N–H and O–H groups in total. The number of nitrogens with one attached hydrogen (secondary N) is 1. The van der Waals surface area contributed by atoms with E-state index in [2.05, 4.69) is 28.2 Å². The number of rotatable bonds is 14. The normalized spacial score (nSPS) is 11.0. The summed E-state index contributed by atoms with van der Waals surface area (Å²) in [7, 11) is 0. The van der Waals surface area contributed by atoms with Gasteiger partial charge in [0.15, 0.2) is 11.5 Å². The summed E-state index contributed by atoms with van der Waals surface area (Å²) in [4.78, 5) is 0. The SMILES string of the molecule is CCCCCCCCNCc1cc(OCC)c(OCc2c(F)cccc2Cl)cc1Br. The van der Waals surface area contributed by atoms with Crippen molar-refractivity contribution >= 4 is 27.5 Å². The third-order valence-electron chi connectivity index (χ3n) is 4.87. The standard InChI is InChI=1S/C24H32BrClFNO2/c1-3-5-6-7-8-9-13-28-16-18-14-23(29-4-2)24(15-20(18)25)30-17-19-21(26)11-10-12-22(19)27/h10-12,14-15,28H,3-9,13,16-17H2,1-2H3. The molecule has 30 heavy (non-hydrogen) atoms. The second-order valence-corrected chi connectivity index (χ2v) is 8.52. The molecule has 0 fully saturated rings. The maximum atomic E-state index is 14.0. The van der Waals surface area contributed by atoms with E-state index in [1.165, 1.54) is 44.6 Å². The van der Waals surface area contributed by atoms with Gasteiger partial charge in [0.1, 0.15) is 12.4 Å². The van der Waals surface area contributed by atoms with Crippen LogP contribution < -0.4 is 14.8 Å². The summed E-state index contributed by atoms with van der Waals surface area (Å²) in [6, 6.07) is 8.46. The van der Waals surface area contributed by atoms with Gasteiger partial charge in [0.05, 0.1) is 11.6 Å². The van der Waals surface area contributed by atoms with Crippen LogP contribution in [0.4, 0.5) is 4.39 Å². The van der Waals surface area contributed by atoms with Gasteiger partial charge in [-0.15, -0.1) is 0 Å². The second-order valence-electron chi connectivity index (χ2n) is 7.26. The molecule has 0 aromatic heterocycles. The third-order valence-corrected chi connectivity index (χ3v) is 5.96. The summed E-state index contributed by atoms with van der Waals surface area (Å²) in [5.41, 5.74) is 1.43. The highest BCUT2D eigenvalue weighted by Gasteiger charge is 2.13. The first kappa shape index (κ1) is 25.0. The highest BCUT2D eigenvalue weighted by Crippen LogP contribution is 2.35. The fourth-order valence-corrected chi connectivity index (χ4v) is 3.85. The minimum absolute atomic E-state index is 0.0354. The Kier molecular flexibility index (Phi) is 11.6. The summed E-state index contributed by atoms with van der Waals surface area (Å²) in [5, 5.41) is 3.85. The van der Waals surface area contributed by atoms with Gasteiger partial charge in [-0.2, -0.15) is 0 Å². The average molecular weight is 501 g/mol. The first-order valence-corrected chi connectivity index (χ1v) is 12.0. The zero-order valence-electron chi connectivity index (χ0n) is 17.9. The summed E-state index contributed by atoms with van der Waals surface area (Å²) in [6.07, 6.45) is 7.71. The highest BCUT2D eigenvalue weighted by molar-refractivity contribution is 9.10. The average Bonchev–Trinajstić information content (AvgIpc) is 2.72. The van der Waals surface area contributed by atoms with Gasteiger partial charge in [0.2, 0.25) is 0 Å². The zero-order valence-corrected chi connectivity index (χ0v) is 20.3. The molecule has 0 unspecified atom stereocenters. The first-order valence-electron chi connectivity index (χ1n) is 10.8. The van der Waals surface area contributed by atoms with Crippen LogP contribution in [0, 0.1) is 5.82 Å². The van der Waals surface area contributed by atoms with Crippen molar-refractivity contribution in [2.45, 2.75) is 65.5 Å². The van der Waals surface area contributed by atoms with Gasteiger partial charge in [-0.25, -0.2) is 4.39 Å². The van der Waals surface area contributed by atoms with Gasteiger partial charge in [0.25, 0.3) is 0 Å². The predicted molar refractivity (Wildman–Crippen MR) is 126 cm³/mol. The van der Waals surface area contributed by atoms with Crippen molar-refractivity contribution in [3.05, 3.63) is 56.8 Å². The van der Waals surface area contributed by atoms with E-state index in [1.807, 2.05) is 19.1 Å². The molecule has 0 amide bonds. The van der Waals surface area contributed by atoms with E-state index in [1.54, 1.807) is 12.1 Å². The van der Waals surface area contributed by atoms with Crippen molar-refractivity contribution in [2.24, 2.45) is 0 Å². The highest BCUT2D eigenvalue weighted by atomic mass is 79.9. The summed E-state index contributed by atoms with van der Waals surface area (Å²) in [5.74, 6) is 0.822. The molecule has 0 saturated carbocycles. The van der Waals surface area contributed by atoms with Crippen LogP contribution in [0.3, 0.4) is 0 Å². The van der Waals surface area contributed by atoms with Crippen LogP contribution in [0.15, 0.2) is 34.8 Å². The molecular formula is C24H32BrClFNO2. The molecule has 2 rings (SSSR count). The van der Waals surface area contributed by atoms with Crippen LogP contribution in [0.2, 0.25) is 5.02 Å². The maximum absolute atomic E-state index is 14.0. The summed E-state index contributed by atoms with van der Waals surface area (Å²) < 4.78 is 26.6. The molecule has 0 aliphatic heterocycles. The lowest BCUT2D eigenvalue weighted by Crippen LogP contribution is -2.15. The Labute approximate surface area is 193 Å². The van der Waals surface area contributed by atoms with Crippen LogP contribution in [0.1, 0.15) is 63.5 Å². The molecule has 6 heteroatoms. The number of ether oxygens (including phenoxy) is 2. The lowest BCUT2D eigenvalue weighted by Gasteiger charge is -2.16. The first-order chi connectivity index (χ1) is 14.6. The van der Waals surface area contributed by atoms with Crippen LogP contribution in [-0.2, 0) is 13.2 Å². The molecule has 166 valence electrons. The van der Waals surface area contributed by atoms with Crippen molar-refractivity contribution in [1.29, 1.82) is 0 Å². The quantitative estimate of drug-likeness (QED) is 0.270. The van der Waals surface area contributed by atoms with Gasteiger partial charge in [0, 0.05) is 16.6 Å². The Morgan fingerprint density at radius 3 is 2.47 bits per heavy atom. The molecular weight excluding hydrogens is 469 g/mol. The van der Waals surface area contributed by atoms with Crippen LogP contribution in [0.5, 0.6) is 11.5 Å². The summed E-state index contributed by atoms with van der Waals surface area (Å²) >= 11 is 9.73. The molecule has 0 bridgehead atoms. The molecule has 0 spiro atoms. The molecule has 0 atom stereocenters. The summed E-state index contributed by atoms with van der Waals surface area (Å²) in [6.45, 7) is 6.45. The smallest absolute Gasteiger partial charge is 0.162 e. The molecule has 3 nitrogen and oxygen atoms in total. The van der Waals surface area contributed by atoms with Gasteiger partial charge < -0.3 is 14.8 Å². The number of unbranched alkanes of at least 4 members (excludes halogenated alkanes) is 5. The van der Waals surface area contributed by atoms with E-state index in [0.29, 0.717) is 28.7 Å². The van der Waals surface area contributed by atoms with Crippen molar-refractivity contribution in [3.8, 4) is 11.5 Å². The van der Waals surface area contributed by atoms with E-state index in [0.717, 1.165) is 23.1 Å². The van der Waals surface area contributed by atoms with Crippen LogP contribution >= 0.6 is 27.5 Å². The monoisotopic (exact) mass is 499 g/mol. The lowest BCUT2D eigenvalue weighted by atomic mass is 10.1. The molecule has 0 heterocycles. The molecule has 0 aliphatic carbocycles. The molecule has 2 aromatic carbocycles. The van der Waals surface area contributed by atoms with E-state index in [9.17, 15) is 4.39 Å². The van der Waals surface area contributed by atoms with Crippen molar-refractivity contribution < 1.29 is 13.9 Å². The Balaban J connectivity index is 1.94. The van der Waals surface area contributed by atoms with Crippen molar-refractivity contribution in [1.82, 2.24) is 5.32 Å². The molecule has 0 aliphatic rings. The maximum Gasteiger partial charge on any atom is 0.162 e. The minimum Gasteiger partial charge on any atom is -0.490 e. The predicted octanol–water partition coefficient (Wildman–Crippen LogP) is 7.67. The Morgan fingerprint density at radius 2 is 1.73 bits per heavy atom. The third kappa shape index (κ3) is 8.09. The number of benzene rings is 2. The van der Waals surface area contributed by atoms with E-state index < -0.39 is 0 Å². The lowest BCUT2D eigenvalue weighted by molar-refractivity contribution is 0.265.